The smallest absolute Gasteiger partial charge is 0.223 e. The number of hydrogen-bond acceptors (Lipinski definition) is 7. The maximum Gasteiger partial charge on any atom is 0.223 e. The molecule has 3 N–H and O–H groups in total. The fourth-order valence-corrected chi connectivity index (χ4v) is 6.39. The molecule has 8 heteroatoms. The number of nitrogens with zero attached hydrogens (tertiary/aromatic N) is 3. The number of aliphatic hydroxyl groups is 2. The molecule has 3 heterocycles. The van der Waals surface area contributed by atoms with Gasteiger partial charge < -0.3 is 20.3 Å². The third-order valence-electron chi connectivity index (χ3n) is 8.74. The van der Waals surface area contributed by atoms with Crippen molar-refractivity contribution in [2.24, 2.45) is 5.41 Å². The maximum absolute atomic E-state index is 11.8. The number of aromatic nitrogens is 3. The Morgan fingerprint density at radius 1 is 1.08 bits per heavy atom. The molecule has 1 spiro atoms. The Kier molecular flexibility index (Phi) is 6.38. The summed E-state index contributed by atoms with van der Waals surface area (Å²) in [4.78, 5) is 13.9. The quantitative estimate of drug-likeness (QED) is 0.402. The van der Waals surface area contributed by atoms with E-state index in [1.54, 1.807) is 6.20 Å². The van der Waals surface area contributed by atoms with Crippen LogP contribution in [0.2, 0.25) is 5.02 Å². The summed E-state index contributed by atoms with van der Waals surface area (Å²) in [7, 11) is 0. The molecule has 2 aromatic heterocycles. The fourth-order valence-electron chi connectivity index (χ4n) is 6.19. The van der Waals surface area contributed by atoms with Crippen molar-refractivity contribution in [2.45, 2.75) is 82.5 Å². The second kappa shape index (κ2) is 9.45. The average Bonchev–Trinajstić information content (AvgIpc) is 3.66. The fraction of sp³-hybridized carbons (Fsp3) is 0.552. The van der Waals surface area contributed by atoms with Crippen molar-refractivity contribution in [1.29, 1.82) is 0 Å². The van der Waals surface area contributed by atoms with Gasteiger partial charge in [-0.2, -0.15) is 0 Å². The first-order valence-electron chi connectivity index (χ1n) is 13.5. The van der Waals surface area contributed by atoms with Gasteiger partial charge in [-0.05, 0) is 74.0 Å². The molecule has 1 saturated heterocycles. The van der Waals surface area contributed by atoms with E-state index in [9.17, 15) is 10.2 Å². The molecule has 196 valence electrons. The monoisotopic (exact) mass is 522 g/mol. The van der Waals surface area contributed by atoms with Crippen LogP contribution in [0.4, 0.5) is 5.95 Å². The van der Waals surface area contributed by atoms with Crippen molar-refractivity contribution in [3.8, 4) is 11.3 Å². The molecule has 0 radical (unpaired) electrons. The Hall–Kier alpha value is -2.32. The van der Waals surface area contributed by atoms with E-state index in [0.29, 0.717) is 41.7 Å². The first-order valence-corrected chi connectivity index (χ1v) is 13.9. The van der Waals surface area contributed by atoms with Gasteiger partial charge in [0.15, 0.2) is 0 Å². The molecule has 2 aliphatic carbocycles. The first kappa shape index (κ1) is 25.0. The number of anilines is 1. The van der Waals surface area contributed by atoms with Crippen LogP contribution in [0.3, 0.4) is 0 Å². The van der Waals surface area contributed by atoms with Crippen molar-refractivity contribution in [3.05, 3.63) is 46.7 Å². The lowest BCUT2D eigenvalue weighted by Gasteiger charge is -2.38. The second-order valence-corrected chi connectivity index (χ2v) is 12.0. The maximum atomic E-state index is 11.8. The third-order valence-corrected chi connectivity index (χ3v) is 9.02. The lowest BCUT2D eigenvalue weighted by molar-refractivity contribution is -0.0195. The number of halogens is 1. The number of benzene rings is 1. The second-order valence-electron chi connectivity index (χ2n) is 11.6. The zero-order chi connectivity index (χ0) is 25.8. The van der Waals surface area contributed by atoms with E-state index in [2.05, 4.69) is 30.2 Å². The lowest BCUT2D eigenvalue weighted by Crippen LogP contribution is -2.42. The minimum Gasteiger partial charge on any atom is -0.389 e. The predicted octanol–water partition coefficient (Wildman–Crippen LogP) is 5.57. The minimum absolute atomic E-state index is 0.176. The molecule has 2 saturated carbocycles. The predicted molar refractivity (Wildman–Crippen MR) is 145 cm³/mol. The zero-order valence-corrected chi connectivity index (χ0v) is 22.3. The van der Waals surface area contributed by atoms with E-state index >= 15 is 0 Å². The normalized spacial score (nSPS) is 24.5. The molecule has 7 nitrogen and oxygen atoms in total. The van der Waals surface area contributed by atoms with Crippen LogP contribution in [-0.2, 0) is 10.3 Å². The summed E-state index contributed by atoms with van der Waals surface area (Å²) < 4.78 is 5.33. The summed E-state index contributed by atoms with van der Waals surface area (Å²) in [6, 6.07) is 5.90. The van der Waals surface area contributed by atoms with E-state index in [4.69, 9.17) is 26.3 Å². The number of aliphatic hydroxyl groups excluding tert-OH is 1. The van der Waals surface area contributed by atoms with Crippen molar-refractivity contribution >= 4 is 28.5 Å². The van der Waals surface area contributed by atoms with Crippen LogP contribution in [0.5, 0.6) is 0 Å². The summed E-state index contributed by atoms with van der Waals surface area (Å²) >= 11 is 6.59. The highest BCUT2D eigenvalue weighted by atomic mass is 35.5. The summed E-state index contributed by atoms with van der Waals surface area (Å²) in [6.45, 7) is 5.24. The SMILES string of the molecule is CC(C)c1c(C2(O)CCC3(CC3)CC2)cnc2ccc(-c3nc(N[C@@H]4CCOC[C@H]4O)ncc3Cl)cc12. The van der Waals surface area contributed by atoms with Crippen LogP contribution in [0.1, 0.15) is 75.8 Å². The standard InChI is InChI=1S/C29H35ClN4O3/c1-17(2)25-19-13-18(26-21(30)15-32-27(34-26)33-23-5-12-37-16-24(23)35)3-4-22(19)31-14-20(25)29(36)10-8-28(6-7-28)9-11-29/h3-4,13-15,17,23-24,35-36H,5-12,16H2,1-2H3,(H,32,33,34)/t23-,24-/m1/s1. The Balaban J connectivity index is 1.38. The number of nitrogens with one attached hydrogen (secondary N) is 1. The number of rotatable bonds is 5. The molecular weight excluding hydrogens is 488 g/mol. The van der Waals surface area contributed by atoms with Crippen LogP contribution in [0, 0.1) is 5.41 Å². The van der Waals surface area contributed by atoms with E-state index in [1.165, 1.54) is 12.8 Å². The van der Waals surface area contributed by atoms with Gasteiger partial charge in [0.05, 0.1) is 46.8 Å². The van der Waals surface area contributed by atoms with Crippen molar-refractivity contribution in [2.75, 3.05) is 18.5 Å². The van der Waals surface area contributed by atoms with Gasteiger partial charge in [0.1, 0.15) is 0 Å². The van der Waals surface area contributed by atoms with Crippen LogP contribution in [-0.4, -0.2) is 50.5 Å². The van der Waals surface area contributed by atoms with Gasteiger partial charge in [-0.3, -0.25) is 4.98 Å². The van der Waals surface area contributed by atoms with Crippen LogP contribution in [0.15, 0.2) is 30.6 Å². The lowest BCUT2D eigenvalue weighted by atomic mass is 9.71. The molecule has 0 amide bonds. The van der Waals surface area contributed by atoms with E-state index < -0.39 is 11.7 Å². The molecule has 1 aliphatic heterocycles. The summed E-state index contributed by atoms with van der Waals surface area (Å²) in [6.07, 6.45) is 9.95. The highest BCUT2D eigenvalue weighted by Crippen LogP contribution is 2.60. The van der Waals surface area contributed by atoms with Crippen LogP contribution >= 0.6 is 11.6 Å². The van der Waals surface area contributed by atoms with Gasteiger partial charge >= 0.3 is 0 Å². The van der Waals surface area contributed by atoms with Gasteiger partial charge in [0, 0.05) is 29.3 Å². The van der Waals surface area contributed by atoms with Gasteiger partial charge in [-0.1, -0.05) is 31.5 Å². The van der Waals surface area contributed by atoms with Gasteiger partial charge in [0.25, 0.3) is 0 Å². The molecule has 2 atom stereocenters. The van der Waals surface area contributed by atoms with E-state index in [0.717, 1.165) is 53.3 Å². The molecule has 37 heavy (non-hydrogen) atoms. The zero-order valence-electron chi connectivity index (χ0n) is 21.5. The first-order chi connectivity index (χ1) is 17.8. The van der Waals surface area contributed by atoms with Crippen molar-refractivity contribution in [3.63, 3.8) is 0 Å². The largest absolute Gasteiger partial charge is 0.389 e. The molecule has 6 rings (SSSR count). The molecule has 3 fully saturated rings. The third kappa shape index (κ3) is 4.71. The Labute approximate surface area is 222 Å². The van der Waals surface area contributed by atoms with Gasteiger partial charge in [-0.15, -0.1) is 0 Å². The summed E-state index contributed by atoms with van der Waals surface area (Å²) in [5, 5.41) is 26.8. The molecule has 1 aromatic carbocycles. The molecule has 0 bridgehead atoms. The molecule has 0 unspecified atom stereocenters. The minimum atomic E-state index is -0.834. The van der Waals surface area contributed by atoms with Crippen LogP contribution in [0.25, 0.3) is 22.2 Å². The van der Waals surface area contributed by atoms with Crippen LogP contribution < -0.4 is 5.32 Å². The molecular formula is C29H35ClN4O3. The van der Waals surface area contributed by atoms with Crippen molar-refractivity contribution in [1.82, 2.24) is 15.0 Å². The Bertz CT molecular complexity index is 1320. The number of pyridine rings is 1. The molecule has 3 aromatic rings. The van der Waals surface area contributed by atoms with E-state index in [-0.39, 0.29) is 12.0 Å². The van der Waals surface area contributed by atoms with Gasteiger partial charge in [-0.25, -0.2) is 9.97 Å². The number of hydrogen-bond donors (Lipinski definition) is 3. The van der Waals surface area contributed by atoms with E-state index in [1.807, 2.05) is 18.3 Å². The van der Waals surface area contributed by atoms with Crippen molar-refractivity contribution < 1.29 is 14.9 Å². The Morgan fingerprint density at radius 2 is 1.84 bits per heavy atom. The summed E-state index contributed by atoms with van der Waals surface area (Å²) in [5.41, 5.74) is 4.15. The highest BCUT2D eigenvalue weighted by Gasteiger charge is 2.50. The highest BCUT2D eigenvalue weighted by molar-refractivity contribution is 6.33. The Morgan fingerprint density at radius 3 is 2.54 bits per heavy atom. The number of fused-ring (bicyclic) bond motifs is 1. The van der Waals surface area contributed by atoms with Gasteiger partial charge in [0.2, 0.25) is 5.95 Å². The summed E-state index contributed by atoms with van der Waals surface area (Å²) in [5.74, 6) is 0.636. The number of ether oxygens (including phenoxy) is 1. The topological polar surface area (TPSA) is 100 Å². The average molecular weight is 523 g/mol. The molecule has 3 aliphatic rings.